The predicted octanol–water partition coefficient (Wildman–Crippen LogP) is -0.0926. The first-order valence-electron chi connectivity index (χ1n) is 2.35. The number of nitriles is 1. The van der Waals surface area contributed by atoms with Crippen LogP contribution in [0.2, 0.25) is 0 Å². The molecule has 1 atom stereocenters. The zero-order chi connectivity index (χ0) is 6.41. The molecule has 0 aliphatic rings. The van der Waals surface area contributed by atoms with Crippen molar-refractivity contribution >= 4 is 0 Å². The van der Waals surface area contributed by atoms with Crippen LogP contribution in [-0.4, -0.2) is 24.9 Å². The molecule has 0 saturated carbocycles. The van der Waals surface area contributed by atoms with Crippen molar-refractivity contribution in [1.82, 2.24) is 0 Å². The van der Waals surface area contributed by atoms with Crippen LogP contribution in [0.5, 0.6) is 0 Å². The number of aliphatic hydroxyl groups is 1. The summed E-state index contributed by atoms with van der Waals surface area (Å²) >= 11 is 0. The first-order chi connectivity index (χ1) is 3.85. The zero-order valence-electron chi connectivity index (χ0n) is 4.79. The van der Waals surface area contributed by atoms with Gasteiger partial charge in [0.05, 0.1) is 25.2 Å². The Morgan fingerprint density at radius 3 is 2.62 bits per heavy atom. The minimum atomic E-state index is -0.306. The van der Waals surface area contributed by atoms with E-state index in [9.17, 15) is 0 Å². The van der Waals surface area contributed by atoms with Gasteiger partial charge in [-0.25, -0.2) is 0 Å². The van der Waals surface area contributed by atoms with Gasteiger partial charge in [-0.1, -0.05) is 0 Å². The maximum absolute atomic E-state index is 8.38. The van der Waals surface area contributed by atoms with E-state index >= 15 is 0 Å². The van der Waals surface area contributed by atoms with Gasteiger partial charge in [-0.15, -0.1) is 0 Å². The van der Waals surface area contributed by atoms with Crippen LogP contribution in [0.25, 0.3) is 0 Å². The lowest BCUT2D eigenvalue weighted by Crippen LogP contribution is -2.13. The molecule has 0 rings (SSSR count). The molecule has 3 heteroatoms. The van der Waals surface area contributed by atoms with E-state index in [0.717, 1.165) is 0 Å². The molecule has 8 heavy (non-hydrogen) atoms. The normalized spacial score (nSPS) is 12.6. The summed E-state index contributed by atoms with van der Waals surface area (Å²) in [6, 6.07) is 1.88. The van der Waals surface area contributed by atoms with Crippen molar-refractivity contribution in [3.63, 3.8) is 0 Å². The molecule has 0 amide bonds. The van der Waals surface area contributed by atoms with Crippen LogP contribution >= 0.6 is 0 Å². The first-order valence-corrected chi connectivity index (χ1v) is 2.35. The fraction of sp³-hybridized carbons (Fsp3) is 0.800. The Morgan fingerprint density at radius 1 is 1.88 bits per heavy atom. The summed E-state index contributed by atoms with van der Waals surface area (Å²) < 4.78 is 4.67. The fourth-order valence-electron chi connectivity index (χ4n) is 0.324. The number of hydrogen-bond donors (Lipinski definition) is 1. The lowest BCUT2D eigenvalue weighted by Gasteiger charge is -2.04. The topological polar surface area (TPSA) is 53.2 Å². The van der Waals surface area contributed by atoms with Crippen molar-refractivity contribution in [1.29, 1.82) is 5.26 Å². The fourth-order valence-corrected chi connectivity index (χ4v) is 0.324. The van der Waals surface area contributed by atoms with Crippen LogP contribution in [0, 0.1) is 11.3 Å². The quantitative estimate of drug-likeness (QED) is 0.559. The predicted molar refractivity (Wildman–Crippen MR) is 28.1 cm³/mol. The highest BCUT2D eigenvalue weighted by atomic mass is 16.5. The number of aliphatic hydroxyl groups excluding tert-OH is 1. The Kier molecular flexibility index (Phi) is 4.23. The largest absolute Gasteiger partial charge is 0.394 e. The Bertz CT molecular complexity index is 82.9. The number of hydrogen-bond acceptors (Lipinski definition) is 3. The second-order valence-electron chi connectivity index (χ2n) is 1.40. The molecular formula is C5H9NO2. The van der Waals surface area contributed by atoms with Crippen LogP contribution < -0.4 is 0 Å². The number of nitrogens with zero attached hydrogens (tertiary/aromatic N) is 1. The molecule has 0 aromatic heterocycles. The highest BCUT2D eigenvalue weighted by Crippen LogP contribution is 1.91. The van der Waals surface area contributed by atoms with Gasteiger partial charge in [-0.05, 0) is 0 Å². The van der Waals surface area contributed by atoms with Crippen molar-refractivity contribution in [3.8, 4) is 6.07 Å². The van der Waals surface area contributed by atoms with Crippen molar-refractivity contribution < 1.29 is 9.84 Å². The molecule has 0 aliphatic heterocycles. The van der Waals surface area contributed by atoms with E-state index in [1.807, 2.05) is 6.07 Å². The van der Waals surface area contributed by atoms with Crippen LogP contribution in [0.1, 0.15) is 6.42 Å². The molecule has 1 unspecified atom stereocenters. The third kappa shape index (κ3) is 2.56. The maximum atomic E-state index is 8.38. The second kappa shape index (κ2) is 4.57. The summed E-state index contributed by atoms with van der Waals surface area (Å²) in [5, 5.41) is 16.4. The van der Waals surface area contributed by atoms with E-state index in [1.54, 1.807) is 0 Å². The van der Waals surface area contributed by atoms with Crippen LogP contribution in [0.15, 0.2) is 0 Å². The molecule has 0 heterocycles. The maximum Gasteiger partial charge on any atom is 0.0931 e. The molecule has 1 N–H and O–H groups in total. The van der Waals surface area contributed by atoms with Gasteiger partial charge in [0.15, 0.2) is 0 Å². The Balaban J connectivity index is 3.25. The monoisotopic (exact) mass is 115 g/mol. The van der Waals surface area contributed by atoms with Crippen LogP contribution in [-0.2, 0) is 4.74 Å². The summed E-state index contributed by atoms with van der Waals surface area (Å²) in [6.07, 6.45) is -0.0486. The molecule has 0 radical (unpaired) electrons. The smallest absolute Gasteiger partial charge is 0.0931 e. The van der Waals surface area contributed by atoms with Crippen molar-refractivity contribution in [3.05, 3.63) is 0 Å². The summed E-state index contributed by atoms with van der Waals surface area (Å²) in [5.41, 5.74) is 0. The summed E-state index contributed by atoms with van der Waals surface area (Å²) in [6.45, 7) is -0.0793. The molecule has 0 aliphatic carbocycles. The average Bonchev–Trinajstić information content (AvgIpc) is 1.83. The molecular weight excluding hydrogens is 106 g/mol. The van der Waals surface area contributed by atoms with Crippen molar-refractivity contribution in [2.45, 2.75) is 12.5 Å². The molecule has 0 saturated heterocycles. The SMILES string of the molecule is COC(CO)CC#N. The van der Waals surface area contributed by atoms with E-state index < -0.39 is 0 Å². The summed E-state index contributed by atoms with van der Waals surface area (Å²) in [4.78, 5) is 0. The zero-order valence-corrected chi connectivity index (χ0v) is 4.79. The van der Waals surface area contributed by atoms with Crippen molar-refractivity contribution in [2.75, 3.05) is 13.7 Å². The van der Waals surface area contributed by atoms with Gasteiger partial charge in [-0.3, -0.25) is 0 Å². The van der Waals surface area contributed by atoms with Crippen molar-refractivity contribution in [2.24, 2.45) is 0 Å². The van der Waals surface area contributed by atoms with E-state index in [2.05, 4.69) is 4.74 Å². The minimum absolute atomic E-state index is 0.0793. The molecule has 0 spiro atoms. The van der Waals surface area contributed by atoms with Gasteiger partial charge in [0, 0.05) is 7.11 Å². The minimum Gasteiger partial charge on any atom is -0.394 e. The van der Waals surface area contributed by atoms with Gasteiger partial charge in [0.2, 0.25) is 0 Å². The molecule has 3 nitrogen and oxygen atoms in total. The standard InChI is InChI=1S/C5H9NO2/c1-8-5(4-7)2-3-6/h5,7H,2,4H2,1H3. The Labute approximate surface area is 48.5 Å². The number of ether oxygens (including phenoxy) is 1. The lowest BCUT2D eigenvalue weighted by molar-refractivity contribution is 0.0525. The summed E-state index contributed by atoms with van der Waals surface area (Å²) in [7, 11) is 1.47. The molecule has 0 aromatic carbocycles. The number of methoxy groups -OCH3 is 1. The third-order valence-corrected chi connectivity index (χ3v) is 0.856. The van der Waals surface area contributed by atoms with Gasteiger partial charge < -0.3 is 9.84 Å². The van der Waals surface area contributed by atoms with E-state index in [0.29, 0.717) is 0 Å². The molecule has 0 fully saturated rings. The Morgan fingerprint density at radius 2 is 2.50 bits per heavy atom. The van der Waals surface area contributed by atoms with Gasteiger partial charge in [-0.2, -0.15) is 5.26 Å². The lowest BCUT2D eigenvalue weighted by atomic mass is 10.3. The Hall–Kier alpha value is -0.590. The summed E-state index contributed by atoms with van der Waals surface area (Å²) in [5.74, 6) is 0. The highest BCUT2D eigenvalue weighted by Gasteiger charge is 2.01. The molecule has 0 aromatic rings. The molecule has 0 bridgehead atoms. The molecule has 46 valence electrons. The average molecular weight is 115 g/mol. The van der Waals surface area contributed by atoms with Crippen LogP contribution in [0.4, 0.5) is 0 Å². The third-order valence-electron chi connectivity index (χ3n) is 0.856. The highest BCUT2D eigenvalue weighted by molar-refractivity contribution is 4.74. The van der Waals surface area contributed by atoms with Gasteiger partial charge in [0.25, 0.3) is 0 Å². The van der Waals surface area contributed by atoms with Gasteiger partial charge in [0.1, 0.15) is 0 Å². The van der Waals surface area contributed by atoms with E-state index in [1.165, 1.54) is 7.11 Å². The van der Waals surface area contributed by atoms with E-state index in [4.69, 9.17) is 10.4 Å². The number of rotatable bonds is 3. The van der Waals surface area contributed by atoms with Gasteiger partial charge >= 0.3 is 0 Å². The van der Waals surface area contributed by atoms with Crippen LogP contribution in [0.3, 0.4) is 0 Å². The first kappa shape index (κ1) is 7.41. The second-order valence-corrected chi connectivity index (χ2v) is 1.40. The van der Waals surface area contributed by atoms with E-state index in [-0.39, 0.29) is 19.1 Å².